The Morgan fingerprint density at radius 1 is 0.780 bits per heavy atom. The summed E-state index contributed by atoms with van der Waals surface area (Å²) >= 11 is -2.15. The van der Waals surface area contributed by atoms with Crippen LogP contribution in [-0.2, 0) is 19.9 Å². The van der Waals surface area contributed by atoms with E-state index >= 15 is 0 Å². The molecule has 1 aliphatic rings. The third-order valence-corrected chi connectivity index (χ3v) is 12.9. The number of aryl methyl sites for hydroxylation is 2. The molecule has 0 N–H and O–H groups in total. The molecule has 0 unspecified atom stereocenters. The predicted molar refractivity (Wildman–Crippen MR) is 180 cm³/mol. The van der Waals surface area contributed by atoms with Crippen LogP contribution in [0.5, 0.6) is 11.5 Å². The van der Waals surface area contributed by atoms with Crippen LogP contribution in [0.15, 0.2) is 54.7 Å². The average molecular weight is 605 g/mol. The molecule has 0 aliphatic carbocycles. The summed E-state index contributed by atoms with van der Waals surface area (Å²) in [4.78, 5) is 0. The van der Waals surface area contributed by atoms with Crippen LogP contribution >= 0.6 is 0 Å². The van der Waals surface area contributed by atoms with Crippen molar-refractivity contribution in [3.8, 4) is 22.8 Å². The zero-order valence-corrected chi connectivity index (χ0v) is 29.1. The molecular formula is C38H46GeNO+. The van der Waals surface area contributed by atoms with Gasteiger partial charge in [-0.2, -0.15) is 0 Å². The average Bonchev–Trinajstić information content (AvgIpc) is 2.85. The van der Waals surface area contributed by atoms with Crippen molar-refractivity contribution >= 4 is 50.0 Å². The fourth-order valence-electron chi connectivity index (χ4n) is 7.00. The van der Waals surface area contributed by atoms with E-state index in [9.17, 15) is 0 Å². The van der Waals surface area contributed by atoms with Gasteiger partial charge < -0.3 is 0 Å². The maximum absolute atomic E-state index is 7.12. The summed E-state index contributed by atoms with van der Waals surface area (Å²) in [6, 6.07) is 18.7. The third kappa shape index (κ3) is 4.86. The standard InChI is InChI=1S/C38H46GeNO/c1-23-28-19-24(21-37(2,3)4)15-16-26(28)29(22-38(5,6)7)36-32(23)35-34-27(17-18-40(35)11)33-25(20-31(34)41-36)13-12-14-30(33)39(8,9)10/h12-20H,21-22H2,1-11H3/q+1. The molecule has 2 heterocycles. The molecule has 0 saturated carbocycles. The van der Waals surface area contributed by atoms with Gasteiger partial charge in [0.2, 0.25) is 0 Å². The van der Waals surface area contributed by atoms with Gasteiger partial charge in [0, 0.05) is 0 Å². The Morgan fingerprint density at radius 2 is 1.49 bits per heavy atom. The second-order valence-corrected chi connectivity index (χ2v) is 26.4. The van der Waals surface area contributed by atoms with Crippen molar-refractivity contribution in [1.82, 2.24) is 0 Å². The summed E-state index contributed by atoms with van der Waals surface area (Å²) in [5, 5.41) is 7.98. The van der Waals surface area contributed by atoms with Crippen molar-refractivity contribution in [2.75, 3.05) is 0 Å². The molecule has 3 heteroatoms. The van der Waals surface area contributed by atoms with Crippen molar-refractivity contribution in [2.24, 2.45) is 17.9 Å². The Hall–Kier alpha value is -2.85. The molecule has 0 fully saturated rings. The number of benzene rings is 4. The molecule has 0 radical (unpaired) electrons. The first-order valence-electron chi connectivity index (χ1n) is 15.2. The molecule has 0 atom stereocenters. The summed E-state index contributed by atoms with van der Waals surface area (Å²) in [5.74, 6) is 9.54. The summed E-state index contributed by atoms with van der Waals surface area (Å²) < 4.78 is 11.0. The Kier molecular flexibility index (Phi) is 6.43. The molecular weight excluding hydrogens is 559 g/mol. The van der Waals surface area contributed by atoms with Crippen LogP contribution in [0.4, 0.5) is 0 Å². The van der Waals surface area contributed by atoms with E-state index in [2.05, 4.69) is 132 Å². The van der Waals surface area contributed by atoms with Gasteiger partial charge in [0.25, 0.3) is 0 Å². The van der Waals surface area contributed by atoms with E-state index in [0.717, 1.165) is 24.3 Å². The monoisotopic (exact) mass is 606 g/mol. The van der Waals surface area contributed by atoms with Crippen LogP contribution in [0.2, 0.25) is 17.3 Å². The molecule has 0 amide bonds. The van der Waals surface area contributed by atoms with E-state index < -0.39 is 13.3 Å². The van der Waals surface area contributed by atoms with E-state index in [1.807, 2.05) is 0 Å². The fraction of sp³-hybridized carbons (Fsp3) is 0.395. The molecule has 4 aromatic carbocycles. The Bertz CT molecular complexity index is 1880. The molecule has 0 saturated heterocycles. The zero-order chi connectivity index (χ0) is 29.6. The second-order valence-electron chi connectivity index (χ2n) is 15.9. The second kappa shape index (κ2) is 9.33. The van der Waals surface area contributed by atoms with Crippen LogP contribution in [0, 0.1) is 17.8 Å². The Balaban J connectivity index is 1.77. The minimum absolute atomic E-state index is 0.120. The van der Waals surface area contributed by atoms with Gasteiger partial charge in [0.1, 0.15) is 0 Å². The molecule has 5 aromatic rings. The molecule has 0 bridgehead atoms. The molecule has 2 nitrogen and oxygen atoms in total. The topological polar surface area (TPSA) is 13.1 Å². The van der Waals surface area contributed by atoms with Crippen LogP contribution in [0.25, 0.3) is 43.6 Å². The number of ether oxygens (including phenoxy) is 1. The molecule has 1 aliphatic heterocycles. The van der Waals surface area contributed by atoms with Crippen molar-refractivity contribution in [3.05, 3.63) is 71.4 Å². The number of hydrogen-bond acceptors (Lipinski definition) is 1. The molecule has 212 valence electrons. The quantitative estimate of drug-likeness (QED) is 0.111. The Labute approximate surface area is 249 Å². The van der Waals surface area contributed by atoms with Crippen molar-refractivity contribution in [3.63, 3.8) is 0 Å². The van der Waals surface area contributed by atoms with Gasteiger partial charge in [-0.25, -0.2) is 0 Å². The van der Waals surface area contributed by atoms with E-state index in [0.29, 0.717) is 0 Å². The molecule has 0 spiro atoms. The van der Waals surface area contributed by atoms with Crippen LogP contribution in [-0.4, -0.2) is 13.3 Å². The fourth-order valence-corrected chi connectivity index (χ4v) is 10.4. The van der Waals surface area contributed by atoms with Gasteiger partial charge in [-0.1, -0.05) is 20.8 Å². The SMILES string of the molecule is Cc1c2c(c(CC(C)(C)C)c3ccc(CC(C)(C)C)cc13)Oc1cc3ccc[c]([Ge]([CH3])([CH3])[CH3])c3c3cc[n+](C)c-2c13. The first-order valence-corrected chi connectivity index (χ1v) is 22.5. The van der Waals surface area contributed by atoms with Gasteiger partial charge in [-0.3, -0.25) is 0 Å². The van der Waals surface area contributed by atoms with Gasteiger partial charge >= 0.3 is 229 Å². The Morgan fingerprint density at radius 3 is 2.15 bits per heavy atom. The normalized spacial score (nSPS) is 13.6. The first-order chi connectivity index (χ1) is 19.0. The summed E-state index contributed by atoms with van der Waals surface area (Å²) in [7, 11) is 2.20. The summed E-state index contributed by atoms with van der Waals surface area (Å²) in [5.41, 5.74) is 6.96. The van der Waals surface area contributed by atoms with E-state index in [-0.39, 0.29) is 10.8 Å². The minimum atomic E-state index is -2.15. The number of rotatable bonds is 3. The van der Waals surface area contributed by atoms with E-state index in [1.54, 1.807) is 4.40 Å². The number of aromatic nitrogens is 1. The summed E-state index contributed by atoms with van der Waals surface area (Å²) in [6.45, 7) is 16.3. The summed E-state index contributed by atoms with van der Waals surface area (Å²) in [6.07, 6.45) is 4.28. The number of nitrogens with zero attached hydrogens (tertiary/aromatic N) is 1. The first kappa shape index (κ1) is 28.3. The van der Waals surface area contributed by atoms with Gasteiger partial charge in [-0.15, -0.1) is 0 Å². The number of pyridine rings is 1. The van der Waals surface area contributed by atoms with Crippen LogP contribution < -0.4 is 13.7 Å². The van der Waals surface area contributed by atoms with Crippen molar-refractivity contribution < 1.29 is 9.30 Å². The zero-order valence-electron chi connectivity index (χ0n) is 27.0. The number of fused-ring (bicyclic) bond motifs is 5. The maximum atomic E-state index is 7.12. The predicted octanol–water partition coefficient (Wildman–Crippen LogP) is 9.77. The molecule has 1 aromatic heterocycles. The van der Waals surface area contributed by atoms with Gasteiger partial charge in [-0.05, 0) is 0 Å². The third-order valence-electron chi connectivity index (χ3n) is 8.61. The van der Waals surface area contributed by atoms with Crippen LogP contribution in [0.1, 0.15) is 58.2 Å². The van der Waals surface area contributed by atoms with E-state index in [1.165, 1.54) is 60.3 Å². The van der Waals surface area contributed by atoms with Crippen LogP contribution in [0.3, 0.4) is 0 Å². The van der Waals surface area contributed by atoms with Crippen molar-refractivity contribution in [2.45, 2.75) is 78.6 Å². The van der Waals surface area contributed by atoms with Gasteiger partial charge in [0.15, 0.2) is 0 Å². The van der Waals surface area contributed by atoms with Gasteiger partial charge in [0.05, 0.1) is 0 Å². The number of hydrogen-bond donors (Lipinski definition) is 0. The molecule has 6 rings (SSSR count). The molecule has 41 heavy (non-hydrogen) atoms. The van der Waals surface area contributed by atoms with E-state index in [4.69, 9.17) is 4.74 Å². The van der Waals surface area contributed by atoms with Crippen molar-refractivity contribution in [1.29, 1.82) is 0 Å².